The molecule has 0 aliphatic carbocycles. The number of amides is 1. The molecule has 1 saturated heterocycles. The fourth-order valence-corrected chi connectivity index (χ4v) is 5.95. The van der Waals surface area contributed by atoms with Crippen molar-refractivity contribution in [1.82, 2.24) is 9.62 Å². The third kappa shape index (κ3) is 6.48. The zero-order valence-electron chi connectivity index (χ0n) is 18.2. The van der Waals surface area contributed by atoms with Gasteiger partial charge in [-0.05, 0) is 48.9 Å². The molecule has 1 aliphatic heterocycles. The minimum Gasteiger partial charge on any atom is -0.369 e. The van der Waals surface area contributed by atoms with Crippen molar-refractivity contribution in [3.05, 3.63) is 59.7 Å². The summed E-state index contributed by atoms with van der Waals surface area (Å²) in [7, 11) is -3.33. The smallest absolute Gasteiger partial charge is 0.252 e. The molecule has 0 radical (unpaired) electrons. The second kappa shape index (κ2) is 11.0. The first-order valence-corrected chi connectivity index (χ1v) is 13.3. The Morgan fingerprint density at radius 1 is 1.06 bits per heavy atom. The molecule has 2 aromatic carbocycles. The van der Waals surface area contributed by atoms with Crippen molar-refractivity contribution in [2.24, 2.45) is 0 Å². The third-order valence-corrected chi connectivity index (χ3v) is 8.21. The second-order valence-corrected chi connectivity index (χ2v) is 11.0. The molecule has 3 rings (SSSR count). The van der Waals surface area contributed by atoms with E-state index in [1.54, 1.807) is 22.1 Å². The number of aryl methyl sites for hydroxylation is 1. The lowest BCUT2D eigenvalue weighted by Crippen LogP contribution is -2.49. The number of hydrogen-bond donors (Lipinski definition) is 1. The van der Waals surface area contributed by atoms with E-state index < -0.39 is 10.0 Å². The van der Waals surface area contributed by atoms with Crippen LogP contribution in [0.4, 0.5) is 5.69 Å². The monoisotopic (exact) mass is 461 g/mol. The van der Waals surface area contributed by atoms with Gasteiger partial charge in [0.25, 0.3) is 5.91 Å². The van der Waals surface area contributed by atoms with Crippen LogP contribution in [0.3, 0.4) is 0 Å². The number of anilines is 1. The summed E-state index contributed by atoms with van der Waals surface area (Å²) >= 11 is 1.62. The van der Waals surface area contributed by atoms with E-state index >= 15 is 0 Å². The molecule has 1 aliphatic rings. The van der Waals surface area contributed by atoms with E-state index in [1.165, 1.54) is 5.56 Å². The Morgan fingerprint density at radius 2 is 1.81 bits per heavy atom. The van der Waals surface area contributed by atoms with Crippen LogP contribution in [0.25, 0.3) is 0 Å². The van der Waals surface area contributed by atoms with Crippen molar-refractivity contribution in [2.45, 2.75) is 25.2 Å². The van der Waals surface area contributed by atoms with Gasteiger partial charge in [-0.25, -0.2) is 8.42 Å². The van der Waals surface area contributed by atoms with Crippen molar-refractivity contribution in [1.29, 1.82) is 0 Å². The maximum atomic E-state index is 12.7. The highest BCUT2D eigenvalue weighted by Gasteiger charge is 2.26. The number of carbonyl (C=O) groups excluding carboxylic acids is 1. The van der Waals surface area contributed by atoms with Crippen LogP contribution in [0.1, 0.15) is 29.3 Å². The minimum atomic E-state index is -3.33. The number of hydrogen-bond acceptors (Lipinski definition) is 5. The molecule has 1 N–H and O–H groups in total. The maximum Gasteiger partial charge on any atom is 0.252 e. The fourth-order valence-electron chi connectivity index (χ4n) is 3.67. The molecule has 0 bridgehead atoms. The first kappa shape index (κ1) is 23.6. The largest absolute Gasteiger partial charge is 0.369 e. The van der Waals surface area contributed by atoms with Gasteiger partial charge in [-0.2, -0.15) is 4.31 Å². The predicted molar refractivity (Wildman–Crippen MR) is 129 cm³/mol. The van der Waals surface area contributed by atoms with Gasteiger partial charge in [0, 0.05) is 43.3 Å². The lowest BCUT2D eigenvalue weighted by Gasteiger charge is -2.35. The summed E-state index contributed by atoms with van der Waals surface area (Å²) in [6, 6.07) is 15.8. The number of thioether (sulfide) groups is 1. The van der Waals surface area contributed by atoms with Crippen molar-refractivity contribution < 1.29 is 13.2 Å². The summed E-state index contributed by atoms with van der Waals surface area (Å²) in [5.41, 5.74) is 2.98. The molecule has 2 aromatic rings. The standard InChI is InChI=1S/C23H31N3O3S2/c1-3-30-22-11-5-4-10-21(22)23(27)24-12-7-17-31(28,29)26-15-13-25(14-16-26)20-9-6-8-19(2)18-20/h4-6,8-11,18H,3,7,12-17H2,1-2H3,(H,24,27). The number of sulfonamides is 1. The Bertz CT molecular complexity index is 987. The molecule has 0 spiro atoms. The molecule has 168 valence electrons. The van der Waals surface area contributed by atoms with E-state index in [0.29, 0.717) is 44.7 Å². The highest BCUT2D eigenvalue weighted by Crippen LogP contribution is 2.22. The van der Waals surface area contributed by atoms with Gasteiger partial charge in [-0.15, -0.1) is 11.8 Å². The number of nitrogens with zero attached hydrogens (tertiary/aromatic N) is 2. The Labute approximate surface area is 190 Å². The SMILES string of the molecule is CCSc1ccccc1C(=O)NCCCS(=O)(=O)N1CCN(c2cccc(C)c2)CC1. The van der Waals surface area contributed by atoms with Crippen molar-refractivity contribution in [3.8, 4) is 0 Å². The first-order chi connectivity index (χ1) is 14.9. The lowest BCUT2D eigenvalue weighted by molar-refractivity contribution is 0.0950. The molecule has 0 unspecified atom stereocenters. The van der Waals surface area contributed by atoms with Crippen molar-refractivity contribution in [2.75, 3.05) is 49.1 Å². The van der Waals surface area contributed by atoms with Gasteiger partial charge >= 0.3 is 0 Å². The summed E-state index contributed by atoms with van der Waals surface area (Å²) < 4.78 is 27.0. The van der Waals surface area contributed by atoms with E-state index in [2.05, 4.69) is 35.3 Å². The molecule has 0 saturated carbocycles. The van der Waals surface area contributed by atoms with Crippen molar-refractivity contribution >= 4 is 33.4 Å². The molecular formula is C23H31N3O3S2. The second-order valence-electron chi connectivity index (χ2n) is 7.58. The van der Waals surface area contributed by atoms with E-state index in [1.807, 2.05) is 31.2 Å². The number of carbonyl (C=O) groups is 1. The van der Waals surface area contributed by atoms with Crippen LogP contribution in [-0.2, 0) is 10.0 Å². The van der Waals surface area contributed by atoms with Gasteiger partial charge in [0.2, 0.25) is 10.0 Å². The number of rotatable bonds is 9. The van der Waals surface area contributed by atoms with Gasteiger partial charge in [0.1, 0.15) is 0 Å². The van der Waals surface area contributed by atoms with Crippen molar-refractivity contribution in [3.63, 3.8) is 0 Å². The minimum absolute atomic E-state index is 0.0447. The topological polar surface area (TPSA) is 69.7 Å². The summed E-state index contributed by atoms with van der Waals surface area (Å²) in [5.74, 6) is 0.781. The average molecular weight is 462 g/mol. The molecule has 8 heteroatoms. The Balaban J connectivity index is 1.45. The molecule has 0 aromatic heterocycles. The average Bonchev–Trinajstić information content (AvgIpc) is 2.77. The van der Waals surface area contributed by atoms with Crippen LogP contribution in [0.2, 0.25) is 0 Å². The summed E-state index contributed by atoms with van der Waals surface area (Å²) in [5, 5.41) is 2.86. The van der Waals surface area contributed by atoms with Crippen LogP contribution >= 0.6 is 11.8 Å². The van der Waals surface area contributed by atoms with Gasteiger partial charge < -0.3 is 10.2 Å². The lowest BCUT2D eigenvalue weighted by atomic mass is 10.2. The summed E-state index contributed by atoms with van der Waals surface area (Å²) in [4.78, 5) is 15.6. The van der Waals surface area contributed by atoms with E-state index in [4.69, 9.17) is 0 Å². The number of benzene rings is 2. The number of nitrogens with one attached hydrogen (secondary N) is 1. The summed E-state index contributed by atoms with van der Waals surface area (Å²) in [6.45, 7) is 6.80. The maximum absolute atomic E-state index is 12.7. The molecule has 1 amide bonds. The first-order valence-electron chi connectivity index (χ1n) is 10.7. The molecule has 1 heterocycles. The van der Waals surface area contributed by atoms with Crippen LogP contribution in [0.15, 0.2) is 53.4 Å². The zero-order chi connectivity index (χ0) is 22.3. The quantitative estimate of drug-likeness (QED) is 0.458. The van der Waals surface area contributed by atoms with Crippen LogP contribution in [-0.4, -0.2) is 62.9 Å². The van der Waals surface area contributed by atoms with Crippen LogP contribution in [0, 0.1) is 6.92 Å². The van der Waals surface area contributed by atoms with E-state index in [0.717, 1.165) is 16.3 Å². The zero-order valence-corrected chi connectivity index (χ0v) is 19.8. The highest BCUT2D eigenvalue weighted by atomic mass is 32.2. The summed E-state index contributed by atoms with van der Waals surface area (Å²) in [6.07, 6.45) is 0.398. The Hall–Kier alpha value is -2.03. The van der Waals surface area contributed by atoms with Gasteiger partial charge in [0.15, 0.2) is 0 Å². The molecule has 6 nitrogen and oxygen atoms in total. The van der Waals surface area contributed by atoms with Crippen LogP contribution < -0.4 is 10.2 Å². The Morgan fingerprint density at radius 3 is 2.52 bits per heavy atom. The third-order valence-electron chi connectivity index (χ3n) is 5.29. The predicted octanol–water partition coefficient (Wildman–Crippen LogP) is 3.38. The van der Waals surface area contributed by atoms with Crippen LogP contribution in [0.5, 0.6) is 0 Å². The molecular weight excluding hydrogens is 430 g/mol. The van der Waals surface area contributed by atoms with Gasteiger partial charge in [-0.3, -0.25) is 4.79 Å². The van der Waals surface area contributed by atoms with Gasteiger partial charge in [0.05, 0.1) is 11.3 Å². The van der Waals surface area contributed by atoms with E-state index in [9.17, 15) is 13.2 Å². The normalized spacial score (nSPS) is 15.1. The molecule has 0 atom stereocenters. The van der Waals surface area contributed by atoms with Gasteiger partial charge in [-0.1, -0.05) is 31.2 Å². The highest BCUT2D eigenvalue weighted by molar-refractivity contribution is 7.99. The molecule has 1 fully saturated rings. The fraction of sp³-hybridized carbons (Fsp3) is 0.435. The number of piperazine rings is 1. The van der Waals surface area contributed by atoms with E-state index in [-0.39, 0.29) is 11.7 Å². The Kier molecular flexibility index (Phi) is 8.40. The molecule has 31 heavy (non-hydrogen) atoms.